The Labute approximate surface area is 93.8 Å². The van der Waals surface area contributed by atoms with Crippen LogP contribution in [0.1, 0.15) is 24.2 Å². The summed E-state index contributed by atoms with van der Waals surface area (Å²) in [6.07, 6.45) is 2.93. The number of ketones is 1. The van der Waals surface area contributed by atoms with Gasteiger partial charge in [-0.2, -0.15) is 0 Å². The number of aromatic nitrogens is 1. The molecule has 0 spiro atoms. The second-order valence-corrected chi connectivity index (χ2v) is 3.95. The zero-order valence-electron chi connectivity index (χ0n) is 9.31. The molecule has 0 aliphatic carbocycles. The minimum atomic E-state index is -1.67. The highest BCUT2D eigenvalue weighted by atomic mass is 16.2. The number of nitrogens with two attached hydrogens (primary N) is 2. The maximum absolute atomic E-state index is 12.1. The van der Waals surface area contributed by atoms with E-state index in [1.54, 1.807) is 13.8 Å². The van der Waals surface area contributed by atoms with Gasteiger partial charge < -0.3 is 11.5 Å². The van der Waals surface area contributed by atoms with Crippen molar-refractivity contribution in [2.24, 2.45) is 17.4 Å². The van der Waals surface area contributed by atoms with Crippen LogP contribution >= 0.6 is 0 Å². The second kappa shape index (κ2) is 4.40. The fourth-order valence-corrected chi connectivity index (χ4v) is 1.40. The standard InChI is InChI=1S/C11H15N3O2/c1-7(2)11(13,10(12)16)9(15)8-3-5-14-6-4-8/h3-7H,13H2,1-2H3,(H2,12,16)/t11-/m1/s1. The number of Topliss-reactive ketones (excluding diaryl/α,β-unsaturated/α-hetero) is 1. The first-order valence-corrected chi connectivity index (χ1v) is 4.94. The van der Waals surface area contributed by atoms with E-state index in [0.717, 1.165) is 0 Å². The van der Waals surface area contributed by atoms with Crippen LogP contribution in [0.3, 0.4) is 0 Å². The molecule has 4 N–H and O–H groups in total. The minimum Gasteiger partial charge on any atom is -0.368 e. The third-order valence-electron chi connectivity index (χ3n) is 2.64. The summed E-state index contributed by atoms with van der Waals surface area (Å²) in [6, 6.07) is 3.02. The van der Waals surface area contributed by atoms with Gasteiger partial charge in [-0.3, -0.25) is 14.6 Å². The third kappa shape index (κ3) is 1.94. The van der Waals surface area contributed by atoms with Gasteiger partial charge in [0.15, 0.2) is 11.3 Å². The molecule has 1 rings (SSSR count). The van der Waals surface area contributed by atoms with E-state index in [9.17, 15) is 9.59 Å². The molecule has 1 amide bonds. The molecule has 0 bridgehead atoms. The van der Waals surface area contributed by atoms with Crippen LogP contribution in [0.15, 0.2) is 24.5 Å². The van der Waals surface area contributed by atoms with Crippen LogP contribution in [-0.2, 0) is 4.79 Å². The largest absolute Gasteiger partial charge is 0.368 e. The Morgan fingerprint density at radius 3 is 2.19 bits per heavy atom. The Balaban J connectivity index is 3.17. The molecule has 1 heterocycles. The molecule has 16 heavy (non-hydrogen) atoms. The SMILES string of the molecule is CC(C)[C@](N)(C(N)=O)C(=O)c1ccncc1. The van der Waals surface area contributed by atoms with Crippen LogP contribution in [-0.4, -0.2) is 22.2 Å². The van der Waals surface area contributed by atoms with Crippen LogP contribution < -0.4 is 11.5 Å². The van der Waals surface area contributed by atoms with Crippen molar-refractivity contribution in [2.45, 2.75) is 19.4 Å². The van der Waals surface area contributed by atoms with Crippen LogP contribution in [0, 0.1) is 5.92 Å². The fraction of sp³-hybridized carbons (Fsp3) is 0.364. The molecule has 0 unspecified atom stereocenters. The van der Waals surface area contributed by atoms with Gasteiger partial charge in [-0.15, -0.1) is 0 Å². The summed E-state index contributed by atoms with van der Waals surface area (Å²) in [4.78, 5) is 27.2. The number of pyridine rings is 1. The molecule has 0 radical (unpaired) electrons. The molecule has 0 saturated carbocycles. The molecule has 5 nitrogen and oxygen atoms in total. The molecule has 0 aromatic carbocycles. The van der Waals surface area contributed by atoms with Crippen LogP contribution in [0.2, 0.25) is 0 Å². The normalized spacial score (nSPS) is 14.5. The zero-order chi connectivity index (χ0) is 12.3. The molecule has 86 valence electrons. The van der Waals surface area contributed by atoms with E-state index in [1.807, 2.05) is 0 Å². The number of hydrogen-bond donors (Lipinski definition) is 2. The quantitative estimate of drug-likeness (QED) is 0.556. The van der Waals surface area contributed by atoms with E-state index in [1.165, 1.54) is 24.5 Å². The number of carbonyl (C=O) groups is 2. The average Bonchev–Trinajstić information content (AvgIpc) is 2.27. The van der Waals surface area contributed by atoms with Gasteiger partial charge in [-0.25, -0.2) is 0 Å². The van der Waals surface area contributed by atoms with E-state index < -0.39 is 17.2 Å². The van der Waals surface area contributed by atoms with Gasteiger partial charge in [0.2, 0.25) is 5.91 Å². The van der Waals surface area contributed by atoms with E-state index in [-0.39, 0.29) is 5.92 Å². The highest BCUT2D eigenvalue weighted by Crippen LogP contribution is 2.19. The van der Waals surface area contributed by atoms with Gasteiger partial charge in [0, 0.05) is 18.0 Å². The maximum Gasteiger partial charge on any atom is 0.245 e. The summed E-state index contributed by atoms with van der Waals surface area (Å²) in [5.74, 6) is -1.66. The molecule has 0 aliphatic rings. The lowest BCUT2D eigenvalue weighted by atomic mass is 9.80. The molecule has 1 aromatic heterocycles. The van der Waals surface area contributed by atoms with Gasteiger partial charge in [-0.1, -0.05) is 13.8 Å². The monoisotopic (exact) mass is 221 g/mol. The lowest BCUT2D eigenvalue weighted by molar-refractivity contribution is -0.122. The second-order valence-electron chi connectivity index (χ2n) is 3.95. The van der Waals surface area contributed by atoms with Crippen molar-refractivity contribution in [3.05, 3.63) is 30.1 Å². The van der Waals surface area contributed by atoms with Gasteiger partial charge in [0.25, 0.3) is 0 Å². The van der Waals surface area contributed by atoms with Crippen molar-refractivity contribution in [2.75, 3.05) is 0 Å². The molecule has 0 fully saturated rings. The maximum atomic E-state index is 12.1. The van der Waals surface area contributed by atoms with Crippen molar-refractivity contribution < 1.29 is 9.59 Å². The summed E-state index contributed by atoms with van der Waals surface area (Å²) < 4.78 is 0. The van der Waals surface area contributed by atoms with E-state index in [4.69, 9.17) is 11.5 Å². The molecular formula is C11H15N3O2. The first-order valence-electron chi connectivity index (χ1n) is 4.94. The highest BCUT2D eigenvalue weighted by molar-refractivity contribution is 6.17. The molecule has 5 heteroatoms. The Kier molecular flexibility index (Phi) is 3.39. The first-order chi connectivity index (χ1) is 7.40. The topological polar surface area (TPSA) is 99.1 Å². The number of hydrogen-bond acceptors (Lipinski definition) is 4. The lowest BCUT2D eigenvalue weighted by Crippen LogP contribution is -2.61. The minimum absolute atomic E-state index is 0.338. The predicted octanol–water partition coefficient (Wildman–Crippen LogP) is 0.103. The summed E-state index contributed by atoms with van der Waals surface area (Å²) in [6.45, 7) is 3.37. The predicted molar refractivity (Wildman–Crippen MR) is 59.5 cm³/mol. The van der Waals surface area contributed by atoms with E-state index in [2.05, 4.69) is 4.98 Å². The van der Waals surface area contributed by atoms with Crippen molar-refractivity contribution >= 4 is 11.7 Å². The van der Waals surface area contributed by atoms with Crippen molar-refractivity contribution in [3.63, 3.8) is 0 Å². The van der Waals surface area contributed by atoms with Crippen LogP contribution in [0.5, 0.6) is 0 Å². The number of amides is 1. The van der Waals surface area contributed by atoms with Gasteiger partial charge in [-0.05, 0) is 18.1 Å². The summed E-state index contributed by atoms with van der Waals surface area (Å²) in [5.41, 5.74) is 9.70. The Morgan fingerprint density at radius 2 is 1.81 bits per heavy atom. The molecule has 0 aliphatic heterocycles. The number of primary amides is 1. The Bertz CT molecular complexity index is 403. The lowest BCUT2D eigenvalue weighted by Gasteiger charge is -2.28. The number of nitrogens with zero attached hydrogens (tertiary/aromatic N) is 1. The van der Waals surface area contributed by atoms with Gasteiger partial charge >= 0.3 is 0 Å². The summed E-state index contributed by atoms with van der Waals surface area (Å²) in [7, 11) is 0. The van der Waals surface area contributed by atoms with E-state index >= 15 is 0 Å². The van der Waals surface area contributed by atoms with E-state index in [0.29, 0.717) is 5.56 Å². The number of carbonyl (C=O) groups excluding carboxylic acids is 2. The summed E-state index contributed by atoms with van der Waals surface area (Å²) >= 11 is 0. The third-order valence-corrected chi connectivity index (χ3v) is 2.64. The smallest absolute Gasteiger partial charge is 0.245 e. The van der Waals surface area contributed by atoms with Crippen molar-refractivity contribution in [1.82, 2.24) is 4.98 Å². The molecule has 1 aromatic rings. The molecule has 0 saturated heterocycles. The average molecular weight is 221 g/mol. The zero-order valence-corrected chi connectivity index (χ0v) is 9.31. The Morgan fingerprint density at radius 1 is 1.31 bits per heavy atom. The highest BCUT2D eigenvalue weighted by Gasteiger charge is 2.43. The van der Waals surface area contributed by atoms with Crippen molar-refractivity contribution in [1.29, 1.82) is 0 Å². The van der Waals surface area contributed by atoms with Crippen LogP contribution in [0.25, 0.3) is 0 Å². The van der Waals surface area contributed by atoms with Gasteiger partial charge in [0.1, 0.15) is 0 Å². The van der Waals surface area contributed by atoms with Crippen LogP contribution in [0.4, 0.5) is 0 Å². The molecular weight excluding hydrogens is 206 g/mol. The van der Waals surface area contributed by atoms with Crippen molar-refractivity contribution in [3.8, 4) is 0 Å². The number of rotatable bonds is 4. The summed E-state index contributed by atoms with van der Waals surface area (Å²) in [5, 5.41) is 0. The Hall–Kier alpha value is -1.75. The fourth-order valence-electron chi connectivity index (χ4n) is 1.40. The van der Waals surface area contributed by atoms with Gasteiger partial charge in [0.05, 0.1) is 0 Å². The first kappa shape index (κ1) is 12.3. The molecule has 1 atom stereocenters.